The summed E-state index contributed by atoms with van der Waals surface area (Å²) < 4.78 is 0. The number of anilines is 1. The average molecular weight is 296 g/mol. The molecule has 0 spiro atoms. The molecule has 20 heavy (non-hydrogen) atoms. The third-order valence-electron chi connectivity index (χ3n) is 3.91. The van der Waals surface area contributed by atoms with Crippen LogP contribution in [0.15, 0.2) is 18.2 Å². The number of hydrogen-bond acceptors (Lipinski definition) is 2. The van der Waals surface area contributed by atoms with E-state index in [1.165, 1.54) is 0 Å². The average Bonchev–Trinajstić information content (AvgIpc) is 2.83. The van der Waals surface area contributed by atoms with Crippen LogP contribution in [0.1, 0.15) is 37.7 Å². The Kier molecular flexibility index (Phi) is 4.33. The van der Waals surface area contributed by atoms with Gasteiger partial charge in [0.1, 0.15) is 0 Å². The number of aliphatic carboxylic acids is 1. The predicted molar refractivity (Wildman–Crippen MR) is 78.0 cm³/mol. The van der Waals surface area contributed by atoms with Crippen molar-refractivity contribution < 1.29 is 14.7 Å². The van der Waals surface area contributed by atoms with Crippen LogP contribution in [0, 0.1) is 12.3 Å². The van der Waals surface area contributed by atoms with Gasteiger partial charge in [-0.3, -0.25) is 9.59 Å². The molecule has 2 N–H and O–H groups in total. The number of nitrogens with one attached hydrogen (secondary N) is 1. The second kappa shape index (κ2) is 5.83. The van der Waals surface area contributed by atoms with Crippen LogP contribution in [-0.4, -0.2) is 17.0 Å². The van der Waals surface area contributed by atoms with E-state index < -0.39 is 11.4 Å². The van der Waals surface area contributed by atoms with E-state index in [9.17, 15) is 14.7 Å². The number of benzene rings is 1. The number of rotatable bonds is 4. The van der Waals surface area contributed by atoms with E-state index in [0.717, 1.165) is 18.4 Å². The lowest BCUT2D eigenvalue weighted by atomic mass is 9.82. The normalized spacial score (nSPS) is 16.9. The van der Waals surface area contributed by atoms with Gasteiger partial charge in [0.15, 0.2) is 0 Å². The van der Waals surface area contributed by atoms with Crippen LogP contribution < -0.4 is 5.32 Å². The number of amides is 1. The van der Waals surface area contributed by atoms with Gasteiger partial charge in [-0.2, -0.15) is 0 Å². The first-order chi connectivity index (χ1) is 9.43. The molecule has 0 bridgehead atoms. The van der Waals surface area contributed by atoms with E-state index in [4.69, 9.17) is 11.6 Å². The maximum Gasteiger partial charge on any atom is 0.310 e. The van der Waals surface area contributed by atoms with Gasteiger partial charge in [0.2, 0.25) is 5.91 Å². The number of carboxylic acid groups (broad SMARTS) is 1. The SMILES string of the molecule is Cc1ccc(Cl)c(NC(=O)CC2(C(=O)O)CCCC2)c1. The maximum absolute atomic E-state index is 12.1. The number of carbonyl (C=O) groups excluding carboxylic acids is 1. The van der Waals surface area contributed by atoms with Crippen molar-refractivity contribution in [2.75, 3.05) is 5.32 Å². The molecule has 108 valence electrons. The van der Waals surface area contributed by atoms with Crippen molar-refractivity contribution in [1.82, 2.24) is 0 Å². The van der Waals surface area contributed by atoms with Gasteiger partial charge in [-0.15, -0.1) is 0 Å². The summed E-state index contributed by atoms with van der Waals surface area (Å²) in [5.74, 6) is -1.16. The third-order valence-corrected chi connectivity index (χ3v) is 4.24. The first kappa shape index (κ1) is 14.9. The second-order valence-corrected chi connectivity index (χ2v) is 5.91. The van der Waals surface area contributed by atoms with Gasteiger partial charge in [-0.05, 0) is 37.5 Å². The van der Waals surface area contributed by atoms with E-state index in [0.29, 0.717) is 23.6 Å². The Hall–Kier alpha value is -1.55. The number of carbonyl (C=O) groups is 2. The fourth-order valence-electron chi connectivity index (χ4n) is 2.75. The van der Waals surface area contributed by atoms with Crippen molar-refractivity contribution in [1.29, 1.82) is 0 Å². The van der Waals surface area contributed by atoms with Gasteiger partial charge in [-0.1, -0.05) is 30.5 Å². The molecule has 1 fully saturated rings. The fraction of sp³-hybridized carbons (Fsp3) is 0.467. The fourth-order valence-corrected chi connectivity index (χ4v) is 2.92. The molecule has 0 aliphatic heterocycles. The minimum Gasteiger partial charge on any atom is -0.481 e. The van der Waals surface area contributed by atoms with Crippen molar-refractivity contribution in [2.45, 2.75) is 39.0 Å². The standard InChI is InChI=1S/C15H18ClNO3/c1-10-4-5-11(16)12(8-10)17-13(18)9-15(14(19)20)6-2-3-7-15/h4-5,8H,2-3,6-7,9H2,1H3,(H,17,18)(H,19,20). The number of carboxylic acids is 1. The highest BCUT2D eigenvalue weighted by molar-refractivity contribution is 6.33. The lowest BCUT2D eigenvalue weighted by molar-refractivity contribution is -0.150. The van der Waals surface area contributed by atoms with E-state index in [-0.39, 0.29) is 12.3 Å². The summed E-state index contributed by atoms with van der Waals surface area (Å²) in [5.41, 5.74) is 0.620. The summed E-state index contributed by atoms with van der Waals surface area (Å²) in [4.78, 5) is 23.5. The first-order valence-corrected chi connectivity index (χ1v) is 7.10. The van der Waals surface area contributed by atoms with E-state index in [1.807, 2.05) is 13.0 Å². The maximum atomic E-state index is 12.1. The molecule has 1 aromatic rings. The highest BCUT2D eigenvalue weighted by atomic mass is 35.5. The van der Waals surface area contributed by atoms with Gasteiger partial charge in [0.05, 0.1) is 16.1 Å². The molecule has 0 aromatic heterocycles. The van der Waals surface area contributed by atoms with Crippen molar-refractivity contribution in [3.63, 3.8) is 0 Å². The molecular weight excluding hydrogens is 278 g/mol. The Labute approximate surface area is 123 Å². The molecule has 1 aliphatic rings. The number of hydrogen-bond donors (Lipinski definition) is 2. The Morgan fingerprint density at radius 1 is 1.35 bits per heavy atom. The molecule has 1 amide bonds. The molecule has 0 heterocycles. The highest BCUT2D eigenvalue weighted by Crippen LogP contribution is 2.41. The molecule has 5 heteroatoms. The lowest BCUT2D eigenvalue weighted by Crippen LogP contribution is -2.32. The minimum atomic E-state index is -0.902. The van der Waals surface area contributed by atoms with Crippen LogP contribution in [0.25, 0.3) is 0 Å². The molecule has 0 atom stereocenters. The monoisotopic (exact) mass is 295 g/mol. The third kappa shape index (κ3) is 3.12. The number of halogens is 1. The predicted octanol–water partition coefficient (Wildman–Crippen LogP) is 3.62. The summed E-state index contributed by atoms with van der Waals surface area (Å²) in [5, 5.41) is 12.6. The van der Waals surface area contributed by atoms with E-state index in [2.05, 4.69) is 5.32 Å². The van der Waals surface area contributed by atoms with Crippen LogP contribution in [-0.2, 0) is 9.59 Å². The quantitative estimate of drug-likeness (QED) is 0.891. The Balaban J connectivity index is 2.08. The van der Waals surface area contributed by atoms with E-state index >= 15 is 0 Å². The van der Waals surface area contributed by atoms with Crippen LogP contribution in [0.2, 0.25) is 5.02 Å². The summed E-state index contributed by atoms with van der Waals surface area (Å²) in [7, 11) is 0. The van der Waals surface area contributed by atoms with Gasteiger partial charge < -0.3 is 10.4 Å². The molecule has 1 aliphatic carbocycles. The zero-order valence-electron chi connectivity index (χ0n) is 11.4. The van der Waals surface area contributed by atoms with Gasteiger partial charge in [-0.25, -0.2) is 0 Å². The molecule has 2 rings (SSSR count). The lowest BCUT2D eigenvalue weighted by Gasteiger charge is -2.23. The van der Waals surface area contributed by atoms with Crippen molar-refractivity contribution in [3.8, 4) is 0 Å². The Bertz CT molecular complexity index is 536. The zero-order valence-corrected chi connectivity index (χ0v) is 12.2. The number of aryl methyl sites for hydroxylation is 1. The van der Waals surface area contributed by atoms with Crippen LogP contribution in [0.3, 0.4) is 0 Å². The largest absolute Gasteiger partial charge is 0.481 e. The van der Waals surface area contributed by atoms with Gasteiger partial charge >= 0.3 is 5.97 Å². The van der Waals surface area contributed by atoms with Crippen LogP contribution >= 0.6 is 11.6 Å². The Morgan fingerprint density at radius 2 is 2.00 bits per heavy atom. The molecule has 0 unspecified atom stereocenters. The molecular formula is C15H18ClNO3. The van der Waals surface area contributed by atoms with Gasteiger partial charge in [0.25, 0.3) is 0 Å². The zero-order chi connectivity index (χ0) is 14.8. The molecule has 0 saturated heterocycles. The highest BCUT2D eigenvalue weighted by Gasteiger charge is 2.42. The molecule has 1 saturated carbocycles. The summed E-state index contributed by atoms with van der Waals surface area (Å²) in [6, 6.07) is 5.35. The summed E-state index contributed by atoms with van der Waals surface area (Å²) >= 11 is 6.02. The van der Waals surface area contributed by atoms with Crippen LogP contribution in [0.4, 0.5) is 5.69 Å². The smallest absolute Gasteiger partial charge is 0.310 e. The minimum absolute atomic E-state index is 0.00655. The van der Waals surface area contributed by atoms with Gasteiger partial charge in [0, 0.05) is 6.42 Å². The summed E-state index contributed by atoms with van der Waals surface area (Å²) in [6.45, 7) is 1.90. The topological polar surface area (TPSA) is 66.4 Å². The van der Waals surface area contributed by atoms with Crippen molar-refractivity contribution in [2.24, 2.45) is 5.41 Å². The van der Waals surface area contributed by atoms with E-state index in [1.54, 1.807) is 12.1 Å². The Morgan fingerprint density at radius 3 is 2.60 bits per heavy atom. The van der Waals surface area contributed by atoms with Crippen molar-refractivity contribution in [3.05, 3.63) is 28.8 Å². The first-order valence-electron chi connectivity index (χ1n) is 6.72. The van der Waals surface area contributed by atoms with Crippen LogP contribution in [0.5, 0.6) is 0 Å². The van der Waals surface area contributed by atoms with Crippen molar-refractivity contribution >= 4 is 29.2 Å². The molecule has 0 radical (unpaired) electrons. The summed E-state index contributed by atoms with van der Waals surface area (Å²) in [6.07, 6.45) is 2.87. The molecule has 4 nitrogen and oxygen atoms in total. The second-order valence-electron chi connectivity index (χ2n) is 5.50. The molecule has 1 aromatic carbocycles.